The van der Waals surface area contributed by atoms with Crippen molar-refractivity contribution >= 4 is 28.9 Å². The van der Waals surface area contributed by atoms with Crippen molar-refractivity contribution in [2.24, 2.45) is 7.05 Å². The summed E-state index contributed by atoms with van der Waals surface area (Å²) >= 11 is 0. The Bertz CT molecular complexity index is 1090. The predicted molar refractivity (Wildman–Crippen MR) is 98.3 cm³/mol. The van der Waals surface area contributed by atoms with E-state index in [1.165, 1.54) is 15.3 Å². The lowest BCUT2D eigenvalue weighted by atomic mass is 10.3. The van der Waals surface area contributed by atoms with E-state index in [9.17, 15) is 14.0 Å². The van der Waals surface area contributed by atoms with Crippen LogP contribution >= 0.6 is 0 Å². The SMILES string of the molecule is CNc1cc(Nc2cccn(C)c2=O)nc2c(C(=O)N[C@@H]3C[C@@H]3F)cnn12. The highest BCUT2D eigenvalue weighted by Crippen LogP contribution is 2.26. The Morgan fingerprint density at radius 3 is 2.89 bits per heavy atom. The van der Waals surface area contributed by atoms with Crippen LogP contribution in [-0.4, -0.2) is 44.3 Å². The Hall–Kier alpha value is -3.43. The molecule has 10 heteroatoms. The molecule has 0 aromatic carbocycles. The molecule has 0 spiro atoms. The second-order valence-electron chi connectivity index (χ2n) is 6.36. The minimum Gasteiger partial charge on any atom is -0.373 e. The monoisotopic (exact) mass is 371 g/mol. The first-order valence-electron chi connectivity index (χ1n) is 8.42. The number of nitrogens with zero attached hydrogens (tertiary/aromatic N) is 4. The van der Waals surface area contributed by atoms with Gasteiger partial charge in [-0.3, -0.25) is 9.59 Å². The van der Waals surface area contributed by atoms with Gasteiger partial charge in [-0.15, -0.1) is 0 Å². The zero-order valence-electron chi connectivity index (χ0n) is 14.7. The molecule has 0 unspecified atom stereocenters. The fourth-order valence-corrected chi connectivity index (χ4v) is 2.76. The average molecular weight is 371 g/mol. The minimum atomic E-state index is -0.997. The van der Waals surface area contributed by atoms with Crippen molar-refractivity contribution in [1.82, 2.24) is 24.5 Å². The fraction of sp³-hybridized carbons (Fsp3) is 0.294. The second kappa shape index (κ2) is 6.38. The predicted octanol–water partition coefficient (Wildman–Crippen LogP) is 1.05. The smallest absolute Gasteiger partial charge is 0.274 e. The molecule has 1 amide bonds. The first-order chi connectivity index (χ1) is 13.0. The van der Waals surface area contributed by atoms with E-state index in [0.29, 0.717) is 29.4 Å². The van der Waals surface area contributed by atoms with E-state index in [-0.39, 0.29) is 11.1 Å². The summed E-state index contributed by atoms with van der Waals surface area (Å²) in [5.74, 6) is 0.515. The maximum absolute atomic E-state index is 13.1. The summed E-state index contributed by atoms with van der Waals surface area (Å²) in [6.45, 7) is 0. The highest BCUT2D eigenvalue weighted by atomic mass is 19.1. The summed E-state index contributed by atoms with van der Waals surface area (Å²) in [5, 5.41) is 12.8. The maximum atomic E-state index is 13.1. The van der Waals surface area contributed by atoms with Gasteiger partial charge < -0.3 is 20.5 Å². The number of amides is 1. The molecule has 1 saturated carbocycles. The second-order valence-corrected chi connectivity index (χ2v) is 6.36. The number of rotatable bonds is 5. The van der Waals surface area contributed by atoms with Crippen LogP contribution in [0.15, 0.2) is 35.4 Å². The van der Waals surface area contributed by atoms with Gasteiger partial charge in [0, 0.05) is 32.8 Å². The Labute approximate surface area is 153 Å². The van der Waals surface area contributed by atoms with E-state index in [1.807, 2.05) is 0 Å². The molecular weight excluding hydrogens is 353 g/mol. The van der Waals surface area contributed by atoms with Crippen LogP contribution in [0.2, 0.25) is 0 Å². The normalized spacial score (nSPS) is 18.3. The number of carbonyl (C=O) groups excluding carboxylic acids is 1. The van der Waals surface area contributed by atoms with Gasteiger partial charge in [0.15, 0.2) is 5.65 Å². The molecule has 3 N–H and O–H groups in total. The summed E-state index contributed by atoms with van der Waals surface area (Å²) in [6.07, 6.45) is 2.37. The highest BCUT2D eigenvalue weighted by molar-refractivity contribution is 6.00. The Morgan fingerprint density at radius 2 is 2.19 bits per heavy atom. The average Bonchev–Trinajstić information content (AvgIpc) is 3.16. The van der Waals surface area contributed by atoms with E-state index >= 15 is 0 Å². The number of halogens is 1. The molecule has 0 aliphatic heterocycles. The van der Waals surface area contributed by atoms with Crippen LogP contribution in [0.3, 0.4) is 0 Å². The van der Waals surface area contributed by atoms with Crippen LogP contribution in [0.4, 0.5) is 21.7 Å². The molecule has 1 aliphatic rings. The molecule has 4 rings (SSSR count). The molecule has 3 heterocycles. The lowest BCUT2D eigenvalue weighted by Gasteiger charge is -2.10. The van der Waals surface area contributed by atoms with Crippen LogP contribution in [0.5, 0.6) is 0 Å². The molecule has 3 aromatic heterocycles. The van der Waals surface area contributed by atoms with Crippen LogP contribution in [0.1, 0.15) is 16.8 Å². The van der Waals surface area contributed by atoms with Crippen molar-refractivity contribution in [2.45, 2.75) is 18.6 Å². The highest BCUT2D eigenvalue weighted by Gasteiger charge is 2.39. The number of anilines is 3. The first-order valence-corrected chi connectivity index (χ1v) is 8.42. The van der Waals surface area contributed by atoms with Crippen LogP contribution in [0, 0.1) is 0 Å². The number of fused-ring (bicyclic) bond motifs is 1. The van der Waals surface area contributed by atoms with Crippen molar-refractivity contribution in [1.29, 1.82) is 0 Å². The molecule has 3 aromatic rings. The van der Waals surface area contributed by atoms with Gasteiger partial charge in [0.25, 0.3) is 11.5 Å². The molecule has 27 heavy (non-hydrogen) atoms. The number of hydrogen-bond acceptors (Lipinski definition) is 6. The molecule has 140 valence electrons. The third-order valence-electron chi connectivity index (χ3n) is 4.39. The number of alkyl halides is 1. The van der Waals surface area contributed by atoms with Gasteiger partial charge in [0.05, 0.1) is 12.2 Å². The largest absolute Gasteiger partial charge is 0.373 e. The van der Waals surface area contributed by atoms with E-state index in [4.69, 9.17) is 0 Å². The van der Waals surface area contributed by atoms with Crippen LogP contribution < -0.4 is 21.5 Å². The summed E-state index contributed by atoms with van der Waals surface area (Å²) in [6, 6.07) is 4.60. The van der Waals surface area contributed by atoms with Crippen molar-refractivity contribution in [3.05, 3.63) is 46.5 Å². The van der Waals surface area contributed by atoms with Crippen molar-refractivity contribution in [2.75, 3.05) is 17.7 Å². The van der Waals surface area contributed by atoms with Gasteiger partial charge in [-0.05, 0) is 12.1 Å². The van der Waals surface area contributed by atoms with Crippen molar-refractivity contribution in [3.63, 3.8) is 0 Å². The number of hydrogen-bond donors (Lipinski definition) is 3. The summed E-state index contributed by atoms with van der Waals surface area (Å²) in [7, 11) is 3.36. The summed E-state index contributed by atoms with van der Waals surface area (Å²) in [4.78, 5) is 29.1. The van der Waals surface area contributed by atoms with Gasteiger partial charge in [-0.25, -0.2) is 9.37 Å². The molecule has 0 radical (unpaired) electrons. The fourth-order valence-electron chi connectivity index (χ4n) is 2.76. The first kappa shape index (κ1) is 17.0. The Balaban J connectivity index is 1.73. The molecule has 9 nitrogen and oxygen atoms in total. The molecule has 1 aliphatic carbocycles. The van der Waals surface area contributed by atoms with E-state index in [0.717, 1.165) is 0 Å². The van der Waals surface area contributed by atoms with E-state index < -0.39 is 18.1 Å². The Morgan fingerprint density at radius 1 is 1.41 bits per heavy atom. The molecule has 2 atom stereocenters. The number of carbonyl (C=O) groups is 1. The number of aromatic nitrogens is 4. The molecule has 0 saturated heterocycles. The van der Waals surface area contributed by atoms with Crippen LogP contribution in [-0.2, 0) is 7.05 Å². The summed E-state index contributed by atoms with van der Waals surface area (Å²) in [5.41, 5.74) is 0.669. The zero-order valence-corrected chi connectivity index (χ0v) is 14.7. The van der Waals surface area contributed by atoms with Gasteiger partial charge in [0.2, 0.25) is 0 Å². The van der Waals surface area contributed by atoms with Crippen LogP contribution in [0.25, 0.3) is 5.65 Å². The van der Waals surface area contributed by atoms with E-state index in [2.05, 4.69) is 26.0 Å². The lowest BCUT2D eigenvalue weighted by molar-refractivity contribution is 0.0949. The lowest BCUT2D eigenvalue weighted by Crippen LogP contribution is -2.27. The number of pyridine rings is 1. The van der Waals surface area contributed by atoms with Gasteiger partial charge in [0.1, 0.15) is 29.1 Å². The summed E-state index contributed by atoms with van der Waals surface area (Å²) < 4.78 is 16.0. The van der Waals surface area contributed by atoms with Gasteiger partial charge >= 0.3 is 0 Å². The number of nitrogens with one attached hydrogen (secondary N) is 3. The van der Waals surface area contributed by atoms with Gasteiger partial charge in [-0.1, -0.05) is 0 Å². The Kier molecular flexibility index (Phi) is 4.02. The molecular formula is C17H18FN7O2. The number of aryl methyl sites for hydroxylation is 1. The quantitative estimate of drug-likeness (QED) is 0.619. The van der Waals surface area contributed by atoms with Crippen molar-refractivity contribution in [3.8, 4) is 0 Å². The van der Waals surface area contributed by atoms with Crippen molar-refractivity contribution < 1.29 is 9.18 Å². The maximum Gasteiger partial charge on any atom is 0.274 e. The minimum absolute atomic E-state index is 0.209. The zero-order chi connectivity index (χ0) is 19.1. The topological polar surface area (TPSA) is 105 Å². The third kappa shape index (κ3) is 3.09. The molecule has 0 bridgehead atoms. The third-order valence-corrected chi connectivity index (χ3v) is 4.39. The van der Waals surface area contributed by atoms with E-state index in [1.54, 1.807) is 38.5 Å². The van der Waals surface area contributed by atoms with Gasteiger partial charge in [-0.2, -0.15) is 9.61 Å². The molecule has 1 fully saturated rings. The standard InChI is InChI=1S/C17H18FN7O2/c1-19-14-7-13(21-11-4-3-5-24(2)17(11)27)23-15-9(8-20-25(14)15)16(26)22-12-6-10(12)18/h3-5,7-8,10,12,19H,6H2,1-2H3,(H,21,23)(H,22,26)/t10-,12+/m0/s1.